The number of anilines is 1. The number of nitrogens with zero attached hydrogens (tertiary/aromatic N) is 1. The maximum Gasteiger partial charge on any atom is 0.338 e. The van der Waals surface area contributed by atoms with E-state index in [9.17, 15) is 4.79 Å². The summed E-state index contributed by atoms with van der Waals surface area (Å²) in [6, 6.07) is 10.7. The molecule has 6 nitrogen and oxygen atoms in total. The second kappa shape index (κ2) is 9.94. The van der Waals surface area contributed by atoms with Crippen LogP contribution in [0.1, 0.15) is 36.0 Å². The molecule has 0 aliphatic carbocycles. The van der Waals surface area contributed by atoms with Crippen LogP contribution < -0.4 is 5.32 Å². The van der Waals surface area contributed by atoms with Crippen LogP contribution in [0.5, 0.6) is 0 Å². The number of carbonyl (C=O) groups is 1. The van der Waals surface area contributed by atoms with E-state index in [4.69, 9.17) is 26.1 Å². The Bertz CT molecular complexity index is 701. The van der Waals surface area contributed by atoms with E-state index in [0.29, 0.717) is 30.4 Å². The average Bonchev–Trinajstić information content (AvgIpc) is 3.17. The van der Waals surface area contributed by atoms with Crippen LogP contribution in [0, 0.1) is 0 Å². The molecule has 0 unspecified atom stereocenters. The lowest BCUT2D eigenvalue weighted by Gasteiger charge is -2.30. The standard InChI is InChI=1S/C19H24N2O4S/c1-4-24-18(22)15-7-9-16(10-8-15)20-19(26)21(11-13-23-3)14(2)17-6-5-12-25-17/h5-10,12,14H,4,11,13H2,1-3H3,(H,20,26)/t14-/m1/s1. The molecule has 1 atom stereocenters. The van der Waals surface area contributed by atoms with Crippen molar-refractivity contribution in [3.63, 3.8) is 0 Å². The number of carbonyl (C=O) groups excluding carboxylic acids is 1. The Kier molecular flexibility index (Phi) is 7.62. The molecule has 0 fully saturated rings. The number of nitrogens with one attached hydrogen (secondary N) is 1. The van der Waals surface area contributed by atoms with Gasteiger partial charge in [-0.25, -0.2) is 4.79 Å². The summed E-state index contributed by atoms with van der Waals surface area (Å²) in [5.41, 5.74) is 1.29. The highest BCUT2D eigenvalue weighted by Crippen LogP contribution is 2.22. The SMILES string of the molecule is CCOC(=O)c1ccc(NC(=S)N(CCOC)[C@H](C)c2ccco2)cc1. The maximum absolute atomic E-state index is 11.7. The molecule has 7 heteroatoms. The molecule has 0 aliphatic rings. The van der Waals surface area contributed by atoms with E-state index in [2.05, 4.69) is 5.32 Å². The molecular formula is C19H24N2O4S. The fraction of sp³-hybridized carbons (Fsp3) is 0.368. The van der Waals surface area contributed by atoms with Gasteiger partial charge < -0.3 is 24.1 Å². The second-order valence-corrected chi connectivity index (χ2v) is 5.99. The Balaban J connectivity index is 2.07. The van der Waals surface area contributed by atoms with Crippen LogP contribution in [0.2, 0.25) is 0 Å². The van der Waals surface area contributed by atoms with E-state index in [1.54, 1.807) is 44.6 Å². The molecule has 140 valence electrons. The van der Waals surface area contributed by atoms with Crippen LogP contribution in [0.15, 0.2) is 47.1 Å². The van der Waals surface area contributed by atoms with Gasteiger partial charge >= 0.3 is 5.97 Å². The van der Waals surface area contributed by atoms with Gasteiger partial charge in [-0.1, -0.05) is 0 Å². The Hall–Kier alpha value is -2.38. The summed E-state index contributed by atoms with van der Waals surface area (Å²) in [6.07, 6.45) is 1.64. The molecule has 0 radical (unpaired) electrons. The lowest BCUT2D eigenvalue weighted by atomic mass is 10.2. The largest absolute Gasteiger partial charge is 0.467 e. The molecule has 0 saturated carbocycles. The number of hydrogen-bond donors (Lipinski definition) is 1. The zero-order valence-electron chi connectivity index (χ0n) is 15.2. The number of ether oxygens (including phenoxy) is 2. The lowest BCUT2D eigenvalue weighted by Crippen LogP contribution is -2.39. The van der Waals surface area contributed by atoms with Crippen LogP contribution in [-0.4, -0.2) is 42.8 Å². The third-order valence-corrected chi connectivity index (χ3v) is 4.20. The van der Waals surface area contributed by atoms with Crippen LogP contribution in [0.25, 0.3) is 0 Å². The van der Waals surface area contributed by atoms with Crippen molar-refractivity contribution in [3.8, 4) is 0 Å². The normalized spacial score (nSPS) is 11.7. The molecule has 0 spiro atoms. The number of rotatable bonds is 8. The highest BCUT2D eigenvalue weighted by atomic mass is 32.1. The van der Waals surface area contributed by atoms with Gasteiger partial charge in [-0.05, 0) is 62.5 Å². The van der Waals surface area contributed by atoms with Crippen molar-refractivity contribution in [3.05, 3.63) is 54.0 Å². The molecule has 2 aromatic rings. The van der Waals surface area contributed by atoms with E-state index in [0.717, 1.165) is 11.4 Å². The van der Waals surface area contributed by atoms with Gasteiger partial charge in [0.1, 0.15) is 5.76 Å². The molecule has 1 N–H and O–H groups in total. The van der Waals surface area contributed by atoms with Gasteiger partial charge in [0.05, 0.1) is 31.1 Å². The Morgan fingerprint density at radius 3 is 2.62 bits per heavy atom. The predicted octanol–water partition coefficient (Wildman–Crippen LogP) is 3.86. The summed E-state index contributed by atoms with van der Waals surface area (Å²) in [6.45, 7) is 5.30. The van der Waals surface area contributed by atoms with Gasteiger partial charge in [0.15, 0.2) is 5.11 Å². The van der Waals surface area contributed by atoms with Gasteiger partial charge in [0.2, 0.25) is 0 Å². The molecule has 26 heavy (non-hydrogen) atoms. The van der Waals surface area contributed by atoms with Gasteiger partial charge in [0, 0.05) is 19.3 Å². The highest BCUT2D eigenvalue weighted by molar-refractivity contribution is 7.80. The van der Waals surface area contributed by atoms with Gasteiger partial charge in [-0.15, -0.1) is 0 Å². The van der Waals surface area contributed by atoms with E-state index in [-0.39, 0.29) is 12.0 Å². The lowest BCUT2D eigenvalue weighted by molar-refractivity contribution is 0.0526. The Morgan fingerprint density at radius 1 is 1.31 bits per heavy atom. The van der Waals surface area contributed by atoms with E-state index >= 15 is 0 Å². The van der Waals surface area contributed by atoms with Crippen molar-refractivity contribution in [1.29, 1.82) is 0 Å². The first-order valence-electron chi connectivity index (χ1n) is 8.44. The van der Waals surface area contributed by atoms with Gasteiger partial charge in [0.25, 0.3) is 0 Å². The zero-order valence-corrected chi connectivity index (χ0v) is 16.0. The minimum atomic E-state index is -0.338. The highest BCUT2D eigenvalue weighted by Gasteiger charge is 2.21. The topological polar surface area (TPSA) is 63.9 Å². The second-order valence-electron chi connectivity index (χ2n) is 5.61. The third kappa shape index (κ3) is 5.31. The number of benzene rings is 1. The first kappa shape index (κ1) is 19.9. The molecule has 1 heterocycles. The number of hydrogen-bond acceptors (Lipinski definition) is 5. The summed E-state index contributed by atoms with van der Waals surface area (Å²) in [7, 11) is 1.65. The summed E-state index contributed by atoms with van der Waals surface area (Å²) in [5.74, 6) is 0.484. The van der Waals surface area contributed by atoms with E-state index in [1.165, 1.54) is 0 Å². The molecule has 0 aliphatic heterocycles. The zero-order chi connectivity index (χ0) is 18.9. The first-order chi connectivity index (χ1) is 12.6. The first-order valence-corrected chi connectivity index (χ1v) is 8.84. The predicted molar refractivity (Wildman–Crippen MR) is 104 cm³/mol. The number of thiocarbonyl (C=S) groups is 1. The van der Waals surface area contributed by atoms with Crippen LogP contribution in [-0.2, 0) is 9.47 Å². The average molecular weight is 376 g/mol. The van der Waals surface area contributed by atoms with Crippen LogP contribution in [0.3, 0.4) is 0 Å². The van der Waals surface area contributed by atoms with Crippen molar-refractivity contribution in [2.75, 3.05) is 32.2 Å². The number of esters is 1. The minimum absolute atomic E-state index is 0.0426. The summed E-state index contributed by atoms with van der Waals surface area (Å²) >= 11 is 5.57. The molecule has 0 amide bonds. The minimum Gasteiger partial charge on any atom is -0.467 e. The quantitative estimate of drug-likeness (QED) is 0.554. The molecular weight excluding hydrogens is 352 g/mol. The summed E-state index contributed by atoms with van der Waals surface area (Å²) in [4.78, 5) is 13.7. The number of methoxy groups -OCH3 is 1. The fourth-order valence-corrected chi connectivity index (χ4v) is 2.81. The monoisotopic (exact) mass is 376 g/mol. The van der Waals surface area contributed by atoms with E-state index in [1.807, 2.05) is 24.0 Å². The molecule has 1 aromatic carbocycles. The van der Waals surface area contributed by atoms with Gasteiger partial charge in [-0.3, -0.25) is 0 Å². The molecule has 2 rings (SSSR count). The van der Waals surface area contributed by atoms with Gasteiger partial charge in [-0.2, -0.15) is 0 Å². The van der Waals surface area contributed by atoms with Crippen molar-refractivity contribution >= 4 is 29.0 Å². The van der Waals surface area contributed by atoms with Crippen molar-refractivity contribution < 1.29 is 18.7 Å². The molecule has 0 saturated heterocycles. The summed E-state index contributed by atoms with van der Waals surface area (Å²) < 4.78 is 15.7. The maximum atomic E-state index is 11.7. The Morgan fingerprint density at radius 2 is 2.04 bits per heavy atom. The van der Waals surface area contributed by atoms with Crippen molar-refractivity contribution in [2.45, 2.75) is 19.9 Å². The Labute approximate surface area is 159 Å². The summed E-state index contributed by atoms with van der Waals surface area (Å²) in [5, 5.41) is 3.75. The molecule has 0 bridgehead atoms. The number of furan rings is 1. The fourth-order valence-electron chi connectivity index (χ4n) is 2.44. The van der Waals surface area contributed by atoms with Crippen LogP contribution in [0.4, 0.5) is 5.69 Å². The van der Waals surface area contributed by atoms with Crippen molar-refractivity contribution in [1.82, 2.24) is 4.90 Å². The third-order valence-electron chi connectivity index (χ3n) is 3.87. The van der Waals surface area contributed by atoms with Crippen molar-refractivity contribution in [2.24, 2.45) is 0 Å². The smallest absolute Gasteiger partial charge is 0.338 e. The van der Waals surface area contributed by atoms with E-state index < -0.39 is 0 Å². The molecule has 1 aromatic heterocycles. The van der Waals surface area contributed by atoms with Crippen LogP contribution >= 0.6 is 12.2 Å².